The van der Waals surface area contributed by atoms with Gasteiger partial charge in [-0.1, -0.05) is 12.1 Å². The molecule has 2 atom stereocenters. The summed E-state index contributed by atoms with van der Waals surface area (Å²) in [5.41, 5.74) is 0.560. The summed E-state index contributed by atoms with van der Waals surface area (Å²) in [6, 6.07) is 5.99. The number of hydrogen-bond donors (Lipinski definition) is 2. The molecule has 4 amide bonds. The molecule has 2 N–H and O–H groups in total. The van der Waals surface area contributed by atoms with Crippen molar-refractivity contribution in [1.29, 1.82) is 0 Å². The number of hydrogen-bond acceptors (Lipinski definition) is 6. The van der Waals surface area contributed by atoms with E-state index >= 15 is 0 Å². The van der Waals surface area contributed by atoms with Crippen LogP contribution < -0.4 is 20.3 Å². The summed E-state index contributed by atoms with van der Waals surface area (Å²) < 4.78 is 10.7. The van der Waals surface area contributed by atoms with Gasteiger partial charge in [-0.25, -0.2) is 9.59 Å². The molecule has 0 bridgehead atoms. The Hall–Kier alpha value is -3.10. The van der Waals surface area contributed by atoms with E-state index in [4.69, 9.17) is 9.47 Å². The second-order valence-corrected chi connectivity index (χ2v) is 6.40. The molecule has 0 unspecified atom stereocenters. The number of fused-ring (bicyclic) bond motifs is 1. The maximum atomic E-state index is 12.4. The highest BCUT2D eigenvalue weighted by molar-refractivity contribution is 5.98. The molecule has 0 saturated carbocycles. The average molecular weight is 377 g/mol. The van der Waals surface area contributed by atoms with E-state index in [1.54, 1.807) is 38.1 Å². The van der Waals surface area contributed by atoms with E-state index in [9.17, 15) is 19.2 Å². The molecule has 1 aliphatic heterocycles. The first-order valence-electron chi connectivity index (χ1n) is 8.54. The molecule has 146 valence electrons. The molecular formula is C18H23N3O6. The number of esters is 1. The maximum absolute atomic E-state index is 12.4. The third-order valence-electron chi connectivity index (χ3n) is 3.74. The normalized spacial score (nSPS) is 16.6. The zero-order chi connectivity index (χ0) is 20.1. The largest absolute Gasteiger partial charge is 0.475 e. The number of imide groups is 1. The number of ether oxygens (including phenoxy) is 2. The molecule has 0 saturated heterocycles. The summed E-state index contributed by atoms with van der Waals surface area (Å²) in [4.78, 5) is 49.2. The number of para-hydroxylation sites is 2. The molecule has 0 spiro atoms. The Labute approximate surface area is 157 Å². The quantitative estimate of drug-likeness (QED) is 0.756. The second kappa shape index (κ2) is 8.52. The number of nitrogens with zero attached hydrogens (tertiary/aromatic N) is 1. The van der Waals surface area contributed by atoms with Gasteiger partial charge in [0.1, 0.15) is 5.75 Å². The molecule has 1 heterocycles. The molecule has 0 radical (unpaired) electrons. The monoisotopic (exact) mass is 377 g/mol. The number of urea groups is 1. The number of benzene rings is 1. The molecule has 9 heteroatoms. The van der Waals surface area contributed by atoms with Gasteiger partial charge in [-0.15, -0.1) is 0 Å². The van der Waals surface area contributed by atoms with Gasteiger partial charge in [-0.3, -0.25) is 14.9 Å². The van der Waals surface area contributed by atoms with Crippen LogP contribution >= 0.6 is 0 Å². The Bertz CT molecular complexity index is 748. The fraction of sp³-hybridized carbons (Fsp3) is 0.444. The van der Waals surface area contributed by atoms with Crippen LogP contribution in [0.3, 0.4) is 0 Å². The van der Waals surface area contributed by atoms with E-state index in [0.29, 0.717) is 11.4 Å². The van der Waals surface area contributed by atoms with Gasteiger partial charge < -0.3 is 19.7 Å². The SMILES string of the molecule is CC(=O)N1C[C@H](C(=O)O[C@@H](C)C(=O)NC(=O)NC(C)C)Oc2ccccc21. The predicted molar refractivity (Wildman–Crippen MR) is 96.2 cm³/mol. The Morgan fingerprint density at radius 1 is 1.19 bits per heavy atom. The molecule has 1 aromatic rings. The highest BCUT2D eigenvalue weighted by Crippen LogP contribution is 2.33. The van der Waals surface area contributed by atoms with Crippen molar-refractivity contribution >= 4 is 29.5 Å². The van der Waals surface area contributed by atoms with Crippen molar-refractivity contribution < 1.29 is 28.7 Å². The first-order chi connectivity index (χ1) is 12.7. The van der Waals surface area contributed by atoms with Crippen LogP contribution in [-0.2, 0) is 19.1 Å². The standard InChI is InChI=1S/C18H23N3O6/c1-10(2)19-18(25)20-16(23)11(3)26-17(24)15-9-21(12(4)22)13-7-5-6-8-14(13)27-15/h5-8,10-11,15H,9H2,1-4H3,(H2,19,20,23,25)/t11-,15+/m0/s1. The second-order valence-electron chi connectivity index (χ2n) is 6.40. The first-order valence-corrected chi connectivity index (χ1v) is 8.54. The smallest absolute Gasteiger partial charge is 0.350 e. The zero-order valence-electron chi connectivity index (χ0n) is 15.6. The van der Waals surface area contributed by atoms with E-state index in [2.05, 4.69) is 10.6 Å². The minimum absolute atomic E-state index is 0.0344. The van der Waals surface area contributed by atoms with E-state index in [0.717, 1.165) is 0 Å². The van der Waals surface area contributed by atoms with Crippen molar-refractivity contribution in [3.8, 4) is 5.75 Å². The average Bonchev–Trinajstić information content (AvgIpc) is 2.59. The van der Waals surface area contributed by atoms with E-state index in [1.165, 1.54) is 18.7 Å². The molecular weight excluding hydrogens is 354 g/mol. The van der Waals surface area contributed by atoms with E-state index in [1.807, 2.05) is 0 Å². The van der Waals surface area contributed by atoms with Crippen LogP contribution in [0.25, 0.3) is 0 Å². The molecule has 2 rings (SSSR count). The molecule has 0 fully saturated rings. The number of carbonyl (C=O) groups is 4. The molecule has 0 aromatic heterocycles. The Kier molecular flexibility index (Phi) is 6.38. The van der Waals surface area contributed by atoms with Crippen LogP contribution in [-0.4, -0.2) is 48.6 Å². The molecule has 9 nitrogen and oxygen atoms in total. The summed E-state index contributed by atoms with van der Waals surface area (Å²) in [7, 11) is 0. The number of nitrogens with one attached hydrogen (secondary N) is 2. The van der Waals surface area contributed by atoms with Crippen molar-refractivity contribution in [2.24, 2.45) is 0 Å². The highest BCUT2D eigenvalue weighted by Gasteiger charge is 2.35. The van der Waals surface area contributed by atoms with Crippen LogP contribution in [0.4, 0.5) is 10.5 Å². The van der Waals surface area contributed by atoms with Crippen molar-refractivity contribution in [2.75, 3.05) is 11.4 Å². The van der Waals surface area contributed by atoms with Crippen LogP contribution in [0.1, 0.15) is 27.7 Å². The van der Waals surface area contributed by atoms with Gasteiger partial charge in [0, 0.05) is 13.0 Å². The van der Waals surface area contributed by atoms with Crippen molar-refractivity contribution in [3.05, 3.63) is 24.3 Å². The van der Waals surface area contributed by atoms with Gasteiger partial charge in [0.05, 0.1) is 12.2 Å². The first kappa shape index (κ1) is 20.2. The molecule has 1 aromatic carbocycles. The van der Waals surface area contributed by atoms with Crippen LogP contribution in [0, 0.1) is 0 Å². The summed E-state index contributed by atoms with van der Waals surface area (Å²) in [6.45, 7) is 6.18. The summed E-state index contributed by atoms with van der Waals surface area (Å²) >= 11 is 0. The number of amides is 4. The van der Waals surface area contributed by atoms with Gasteiger partial charge in [-0.2, -0.15) is 0 Å². The summed E-state index contributed by atoms with van der Waals surface area (Å²) in [5.74, 6) is -1.45. The third kappa shape index (κ3) is 5.19. The highest BCUT2D eigenvalue weighted by atomic mass is 16.6. The lowest BCUT2D eigenvalue weighted by molar-refractivity contribution is -0.161. The van der Waals surface area contributed by atoms with Crippen LogP contribution in [0.2, 0.25) is 0 Å². The fourth-order valence-electron chi connectivity index (χ4n) is 2.47. The Balaban J connectivity index is 2.00. The van der Waals surface area contributed by atoms with Crippen LogP contribution in [0.5, 0.6) is 5.75 Å². The maximum Gasteiger partial charge on any atom is 0.350 e. The zero-order valence-corrected chi connectivity index (χ0v) is 15.6. The molecule has 0 aliphatic carbocycles. The fourth-order valence-corrected chi connectivity index (χ4v) is 2.47. The lowest BCUT2D eigenvalue weighted by Crippen LogP contribution is -2.50. The molecule has 27 heavy (non-hydrogen) atoms. The Morgan fingerprint density at radius 3 is 2.48 bits per heavy atom. The topological polar surface area (TPSA) is 114 Å². The number of rotatable bonds is 4. The molecule has 1 aliphatic rings. The predicted octanol–water partition coefficient (Wildman–Crippen LogP) is 0.966. The summed E-state index contributed by atoms with van der Waals surface area (Å²) in [6.07, 6.45) is -2.29. The lowest BCUT2D eigenvalue weighted by Gasteiger charge is -2.33. The minimum atomic E-state index is -1.21. The minimum Gasteiger partial charge on any atom is -0.475 e. The van der Waals surface area contributed by atoms with Gasteiger partial charge >= 0.3 is 12.0 Å². The van der Waals surface area contributed by atoms with Crippen molar-refractivity contribution in [2.45, 2.75) is 45.9 Å². The van der Waals surface area contributed by atoms with E-state index in [-0.39, 0.29) is 18.5 Å². The van der Waals surface area contributed by atoms with Crippen molar-refractivity contribution in [3.63, 3.8) is 0 Å². The van der Waals surface area contributed by atoms with Crippen molar-refractivity contribution in [1.82, 2.24) is 10.6 Å². The van der Waals surface area contributed by atoms with Gasteiger partial charge in [0.15, 0.2) is 6.10 Å². The van der Waals surface area contributed by atoms with Crippen LogP contribution in [0.15, 0.2) is 24.3 Å². The number of carbonyl (C=O) groups excluding carboxylic acids is 4. The van der Waals surface area contributed by atoms with E-state index < -0.39 is 30.1 Å². The van der Waals surface area contributed by atoms with Gasteiger partial charge in [-0.05, 0) is 32.9 Å². The third-order valence-corrected chi connectivity index (χ3v) is 3.74. The lowest BCUT2D eigenvalue weighted by atomic mass is 10.2. The van der Waals surface area contributed by atoms with Gasteiger partial charge in [0.2, 0.25) is 12.0 Å². The van der Waals surface area contributed by atoms with Gasteiger partial charge in [0.25, 0.3) is 5.91 Å². The summed E-state index contributed by atoms with van der Waals surface area (Å²) in [5, 5.41) is 4.58. The number of anilines is 1. The Morgan fingerprint density at radius 2 is 1.85 bits per heavy atom.